The van der Waals surface area contributed by atoms with Crippen molar-refractivity contribution in [2.75, 3.05) is 6.54 Å². The lowest BCUT2D eigenvalue weighted by Gasteiger charge is -2.29. The third-order valence-corrected chi connectivity index (χ3v) is 2.52. The van der Waals surface area contributed by atoms with Crippen LogP contribution in [0, 0.1) is 0 Å². The predicted molar refractivity (Wildman–Crippen MR) is 41.9 cm³/mol. The van der Waals surface area contributed by atoms with Crippen LogP contribution in [-0.2, 0) is 0 Å². The summed E-state index contributed by atoms with van der Waals surface area (Å²) in [6, 6.07) is 0. The summed E-state index contributed by atoms with van der Waals surface area (Å²) in [5.74, 6) is 0. The van der Waals surface area contributed by atoms with E-state index in [0.29, 0.717) is 0 Å². The molecule has 1 fully saturated rings. The third-order valence-electron chi connectivity index (χ3n) is 2.52. The maximum absolute atomic E-state index is 9.55. The van der Waals surface area contributed by atoms with Crippen LogP contribution in [0.5, 0.6) is 0 Å². The molecule has 60 valence electrons. The van der Waals surface area contributed by atoms with Gasteiger partial charge in [0.05, 0.1) is 6.10 Å². The molecule has 0 aromatic rings. The molecule has 1 rings (SSSR count). The summed E-state index contributed by atoms with van der Waals surface area (Å²) in [4.78, 5) is 0. The van der Waals surface area contributed by atoms with Crippen molar-refractivity contribution in [2.45, 2.75) is 44.8 Å². The highest BCUT2D eigenvalue weighted by atomic mass is 16.3. The molecular formula is C8H17NO. The van der Waals surface area contributed by atoms with E-state index in [9.17, 15) is 5.11 Å². The summed E-state index contributed by atoms with van der Waals surface area (Å²) >= 11 is 0. The predicted octanol–water partition coefficient (Wildman–Crippen LogP) is 0.899. The Morgan fingerprint density at radius 1 is 1.70 bits per heavy atom. The van der Waals surface area contributed by atoms with Gasteiger partial charge in [-0.25, -0.2) is 0 Å². The number of rotatable bonds is 2. The first-order chi connectivity index (χ1) is 4.69. The zero-order valence-electron chi connectivity index (χ0n) is 6.85. The van der Waals surface area contributed by atoms with Gasteiger partial charge in [0.15, 0.2) is 0 Å². The molecule has 1 saturated heterocycles. The first-order valence-electron chi connectivity index (χ1n) is 4.12. The molecule has 1 heterocycles. The number of aliphatic hydroxyl groups excluding tert-OH is 1. The van der Waals surface area contributed by atoms with Crippen molar-refractivity contribution in [2.24, 2.45) is 0 Å². The van der Waals surface area contributed by atoms with Crippen LogP contribution >= 0.6 is 0 Å². The summed E-state index contributed by atoms with van der Waals surface area (Å²) < 4.78 is 0. The highest BCUT2D eigenvalue weighted by Gasteiger charge is 2.34. The molecule has 0 bridgehead atoms. The maximum Gasteiger partial charge on any atom is 0.0716 e. The summed E-state index contributed by atoms with van der Waals surface area (Å²) in [6.45, 7) is 5.19. The van der Waals surface area contributed by atoms with Crippen LogP contribution in [0.15, 0.2) is 0 Å². The van der Waals surface area contributed by atoms with Crippen molar-refractivity contribution in [1.82, 2.24) is 5.32 Å². The first kappa shape index (κ1) is 8.02. The minimum absolute atomic E-state index is 0.00868. The normalized spacial score (nSPS) is 36.3. The second-order valence-corrected chi connectivity index (χ2v) is 3.37. The summed E-state index contributed by atoms with van der Waals surface area (Å²) in [5.41, 5.74) is 0.00868. The highest BCUT2D eigenvalue weighted by Crippen LogP contribution is 2.23. The monoisotopic (exact) mass is 143 g/mol. The number of hydrogen-bond donors (Lipinski definition) is 2. The summed E-state index contributed by atoms with van der Waals surface area (Å²) in [6.07, 6.45) is 2.99. The zero-order chi connectivity index (χ0) is 7.61. The van der Waals surface area contributed by atoms with Crippen molar-refractivity contribution in [1.29, 1.82) is 0 Å². The van der Waals surface area contributed by atoms with Gasteiger partial charge in [-0.3, -0.25) is 0 Å². The molecule has 0 spiro atoms. The smallest absolute Gasteiger partial charge is 0.0716 e. The summed E-state index contributed by atoms with van der Waals surface area (Å²) in [5, 5.41) is 12.9. The Kier molecular flexibility index (Phi) is 2.32. The lowest BCUT2D eigenvalue weighted by atomic mass is 9.91. The Morgan fingerprint density at radius 2 is 2.40 bits per heavy atom. The van der Waals surface area contributed by atoms with Crippen LogP contribution in [0.3, 0.4) is 0 Å². The Labute approximate surface area is 62.6 Å². The van der Waals surface area contributed by atoms with E-state index in [4.69, 9.17) is 0 Å². The fourth-order valence-corrected chi connectivity index (χ4v) is 1.65. The van der Waals surface area contributed by atoms with E-state index in [1.54, 1.807) is 0 Å². The molecule has 0 aromatic carbocycles. The van der Waals surface area contributed by atoms with Crippen LogP contribution in [0.25, 0.3) is 0 Å². The average molecular weight is 143 g/mol. The molecule has 2 heteroatoms. The molecule has 2 N–H and O–H groups in total. The maximum atomic E-state index is 9.55. The Morgan fingerprint density at radius 3 is 2.80 bits per heavy atom. The number of aliphatic hydroxyl groups is 1. The second-order valence-electron chi connectivity index (χ2n) is 3.37. The fourth-order valence-electron chi connectivity index (χ4n) is 1.65. The van der Waals surface area contributed by atoms with E-state index in [1.807, 2.05) is 6.92 Å². The van der Waals surface area contributed by atoms with E-state index in [0.717, 1.165) is 19.4 Å². The lowest BCUT2D eigenvalue weighted by molar-refractivity contribution is 0.0783. The van der Waals surface area contributed by atoms with Crippen molar-refractivity contribution < 1.29 is 5.11 Å². The molecule has 10 heavy (non-hydrogen) atoms. The van der Waals surface area contributed by atoms with Gasteiger partial charge in [0.25, 0.3) is 0 Å². The van der Waals surface area contributed by atoms with Gasteiger partial charge >= 0.3 is 0 Å². The van der Waals surface area contributed by atoms with Crippen molar-refractivity contribution in [3.05, 3.63) is 0 Å². The van der Waals surface area contributed by atoms with Gasteiger partial charge in [0.1, 0.15) is 0 Å². The molecule has 0 aromatic heterocycles. The molecule has 0 saturated carbocycles. The number of nitrogens with one attached hydrogen (secondary N) is 1. The van der Waals surface area contributed by atoms with Gasteiger partial charge in [-0.05, 0) is 32.7 Å². The quantitative estimate of drug-likeness (QED) is 0.602. The molecule has 0 amide bonds. The zero-order valence-corrected chi connectivity index (χ0v) is 6.85. The second kappa shape index (κ2) is 2.89. The van der Waals surface area contributed by atoms with Gasteiger partial charge in [0, 0.05) is 5.54 Å². The largest absolute Gasteiger partial charge is 0.391 e. The van der Waals surface area contributed by atoms with Crippen LogP contribution < -0.4 is 5.32 Å². The van der Waals surface area contributed by atoms with Gasteiger partial charge < -0.3 is 10.4 Å². The third kappa shape index (κ3) is 1.32. The van der Waals surface area contributed by atoms with Crippen LogP contribution in [-0.4, -0.2) is 23.3 Å². The molecule has 0 aliphatic carbocycles. The van der Waals surface area contributed by atoms with Crippen LogP contribution in [0.1, 0.15) is 33.1 Å². The van der Waals surface area contributed by atoms with E-state index in [2.05, 4.69) is 12.2 Å². The number of hydrogen-bond acceptors (Lipinski definition) is 2. The molecular weight excluding hydrogens is 126 g/mol. The van der Waals surface area contributed by atoms with Crippen molar-refractivity contribution in [3.63, 3.8) is 0 Å². The van der Waals surface area contributed by atoms with Gasteiger partial charge in [-0.2, -0.15) is 0 Å². The van der Waals surface area contributed by atoms with Gasteiger partial charge in [-0.1, -0.05) is 6.92 Å². The van der Waals surface area contributed by atoms with Gasteiger partial charge in [-0.15, -0.1) is 0 Å². The molecule has 1 aliphatic rings. The highest BCUT2D eigenvalue weighted by molar-refractivity contribution is 4.94. The molecule has 1 aliphatic heterocycles. The SMILES string of the molecule is CCC(O)C1(C)CCCN1. The fraction of sp³-hybridized carbons (Fsp3) is 1.00. The topological polar surface area (TPSA) is 32.3 Å². The minimum atomic E-state index is -0.171. The van der Waals surface area contributed by atoms with Crippen LogP contribution in [0.2, 0.25) is 0 Å². The average Bonchev–Trinajstić information content (AvgIpc) is 2.36. The van der Waals surface area contributed by atoms with Crippen LogP contribution in [0.4, 0.5) is 0 Å². The van der Waals surface area contributed by atoms with Gasteiger partial charge in [0.2, 0.25) is 0 Å². The van der Waals surface area contributed by atoms with E-state index in [-0.39, 0.29) is 11.6 Å². The first-order valence-corrected chi connectivity index (χ1v) is 4.12. The Bertz CT molecular complexity index is 108. The molecule has 0 radical (unpaired) electrons. The Hall–Kier alpha value is -0.0800. The summed E-state index contributed by atoms with van der Waals surface area (Å²) in [7, 11) is 0. The van der Waals surface area contributed by atoms with E-state index >= 15 is 0 Å². The lowest BCUT2D eigenvalue weighted by Crippen LogP contribution is -2.47. The van der Waals surface area contributed by atoms with E-state index < -0.39 is 0 Å². The Balaban J connectivity index is 2.49. The molecule has 2 atom stereocenters. The van der Waals surface area contributed by atoms with Crippen molar-refractivity contribution in [3.8, 4) is 0 Å². The molecule has 2 unspecified atom stereocenters. The van der Waals surface area contributed by atoms with Crippen molar-refractivity contribution >= 4 is 0 Å². The molecule has 2 nitrogen and oxygen atoms in total. The standard InChI is InChI=1S/C8H17NO/c1-3-7(10)8(2)5-4-6-9-8/h7,9-10H,3-6H2,1-2H3. The van der Waals surface area contributed by atoms with E-state index in [1.165, 1.54) is 6.42 Å². The minimum Gasteiger partial charge on any atom is -0.391 e.